The zero-order chi connectivity index (χ0) is 23.0. The summed E-state index contributed by atoms with van der Waals surface area (Å²) in [5.74, 6) is 1.32. The molecule has 0 fully saturated rings. The van der Waals surface area contributed by atoms with Crippen molar-refractivity contribution < 1.29 is 28.6 Å². The number of carbonyl (C=O) groups is 2. The molecule has 4 rings (SSSR count). The Labute approximate surface area is 190 Å². The Kier molecular flexibility index (Phi) is 6.70. The molecule has 0 saturated heterocycles. The second kappa shape index (κ2) is 10.2. The second-order valence-corrected chi connectivity index (χ2v) is 7.16. The third kappa shape index (κ3) is 6.01. The van der Waals surface area contributed by atoms with E-state index < -0.39 is 5.97 Å². The second-order valence-electron chi connectivity index (χ2n) is 7.16. The zero-order valence-electron chi connectivity index (χ0n) is 17.6. The number of carboxylic acids is 1. The number of hydrogen-bond donors (Lipinski definition) is 2. The minimum absolute atomic E-state index is 0.0481. The van der Waals surface area contributed by atoms with E-state index in [-0.39, 0.29) is 23.6 Å². The van der Waals surface area contributed by atoms with Crippen molar-refractivity contribution in [1.82, 2.24) is 0 Å². The number of carboxylic acid groups (broad SMARTS) is 1. The van der Waals surface area contributed by atoms with Crippen LogP contribution in [0.25, 0.3) is 0 Å². The topological polar surface area (TPSA) is 98.0 Å². The largest absolute Gasteiger partial charge is 0.486 e. The number of carbonyl (C=O) groups excluding carboxylic acids is 1. The van der Waals surface area contributed by atoms with Gasteiger partial charge in [-0.1, -0.05) is 24.3 Å². The van der Waals surface area contributed by atoms with Gasteiger partial charge in [-0.2, -0.15) is 0 Å². The van der Waals surface area contributed by atoms with Gasteiger partial charge in [0.05, 0.1) is 23.9 Å². The third-order valence-electron chi connectivity index (χ3n) is 4.74. The molecular weight excluding hydrogens is 422 g/mol. The van der Waals surface area contributed by atoms with Gasteiger partial charge in [0.15, 0.2) is 0 Å². The maximum absolute atomic E-state index is 12.3. The van der Waals surface area contributed by atoms with Crippen LogP contribution in [0.2, 0.25) is 0 Å². The first kappa shape index (κ1) is 21.7. The van der Waals surface area contributed by atoms with Crippen LogP contribution < -0.4 is 14.8 Å². The number of benzene rings is 3. The van der Waals surface area contributed by atoms with Crippen LogP contribution in [0.4, 0.5) is 5.69 Å². The van der Waals surface area contributed by atoms with Crippen LogP contribution in [-0.2, 0) is 17.8 Å². The molecule has 0 aliphatic heterocycles. The smallest absolute Gasteiger partial charge is 0.337 e. The van der Waals surface area contributed by atoms with Crippen LogP contribution in [0.15, 0.2) is 95.6 Å². The summed E-state index contributed by atoms with van der Waals surface area (Å²) in [5, 5.41) is 11.9. The monoisotopic (exact) mass is 443 g/mol. The number of anilines is 1. The summed E-state index contributed by atoms with van der Waals surface area (Å²) in [6, 6.07) is 24.3. The maximum Gasteiger partial charge on any atom is 0.337 e. The van der Waals surface area contributed by atoms with Gasteiger partial charge < -0.3 is 24.3 Å². The van der Waals surface area contributed by atoms with E-state index in [2.05, 4.69) is 5.32 Å². The molecule has 0 spiro atoms. The molecule has 0 radical (unpaired) electrons. The lowest BCUT2D eigenvalue weighted by Crippen LogP contribution is -2.16. The van der Waals surface area contributed by atoms with Gasteiger partial charge in [-0.05, 0) is 66.2 Å². The van der Waals surface area contributed by atoms with Gasteiger partial charge >= 0.3 is 5.97 Å². The summed E-state index contributed by atoms with van der Waals surface area (Å²) in [5.41, 5.74) is 1.09. The fourth-order valence-electron chi connectivity index (χ4n) is 3.12. The Balaban J connectivity index is 1.30. The van der Waals surface area contributed by atoms with Crippen molar-refractivity contribution >= 4 is 17.6 Å². The quantitative estimate of drug-likeness (QED) is 0.353. The Morgan fingerprint density at radius 1 is 0.818 bits per heavy atom. The molecule has 4 aromatic rings. The fourth-order valence-corrected chi connectivity index (χ4v) is 3.12. The molecule has 33 heavy (non-hydrogen) atoms. The number of nitrogens with one attached hydrogen (secondary N) is 1. The lowest BCUT2D eigenvalue weighted by Gasteiger charge is -2.10. The minimum atomic E-state index is -1.09. The minimum Gasteiger partial charge on any atom is -0.486 e. The maximum atomic E-state index is 12.3. The molecule has 0 atom stereocenters. The predicted octanol–water partition coefficient (Wildman–Crippen LogP) is 5.53. The number of amides is 1. The van der Waals surface area contributed by atoms with Gasteiger partial charge in [0.1, 0.15) is 29.6 Å². The highest BCUT2D eigenvalue weighted by Crippen LogP contribution is 2.25. The average molecular weight is 443 g/mol. The Morgan fingerprint density at radius 2 is 1.48 bits per heavy atom. The molecular formula is C26H21NO6. The number of hydrogen-bond acceptors (Lipinski definition) is 5. The van der Waals surface area contributed by atoms with E-state index in [1.807, 2.05) is 24.3 Å². The summed E-state index contributed by atoms with van der Waals surface area (Å²) in [7, 11) is 0. The van der Waals surface area contributed by atoms with E-state index in [9.17, 15) is 14.7 Å². The first-order valence-electron chi connectivity index (χ1n) is 10.2. The van der Waals surface area contributed by atoms with Crippen molar-refractivity contribution in [2.45, 2.75) is 13.0 Å². The van der Waals surface area contributed by atoms with Crippen LogP contribution >= 0.6 is 0 Å². The number of ether oxygens (including phenoxy) is 2. The zero-order valence-corrected chi connectivity index (χ0v) is 17.6. The third-order valence-corrected chi connectivity index (χ3v) is 4.74. The average Bonchev–Trinajstić information content (AvgIpc) is 3.34. The lowest BCUT2D eigenvalue weighted by atomic mass is 10.1. The van der Waals surface area contributed by atoms with Crippen LogP contribution in [0.3, 0.4) is 0 Å². The molecule has 1 amide bonds. The summed E-state index contributed by atoms with van der Waals surface area (Å²) in [6.07, 6.45) is 1.71. The van der Waals surface area contributed by atoms with Gasteiger partial charge in [0.25, 0.3) is 0 Å². The van der Waals surface area contributed by atoms with Crippen LogP contribution in [-0.4, -0.2) is 17.0 Å². The molecule has 1 heterocycles. The highest BCUT2D eigenvalue weighted by Gasteiger charge is 2.12. The van der Waals surface area contributed by atoms with Gasteiger partial charge in [0.2, 0.25) is 5.91 Å². The number of furan rings is 1. The molecule has 166 valence electrons. The molecule has 0 aliphatic carbocycles. The van der Waals surface area contributed by atoms with Crippen LogP contribution in [0.5, 0.6) is 17.2 Å². The van der Waals surface area contributed by atoms with Crippen LogP contribution in [0.1, 0.15) is 21.7 Å². The van der Waals surface area contributed by atoms with Gasteiger partial charge in [-0.25, -0.2) is 4.79 Å². The first-order chi connectivity index (χ1) is 16.1. The van der Waals surface area contributed by atoms with Gasteiger partial charge in [0, 0.05) is 0 Å². The van der Waals surface area contributed by atoms with E-state index in [0.29, 0.717) is 23.9 Å². The van der Waals surface area contributed by atoms with Crippen molar-refractivity contribution in [3.63, 3.8) is 0 Å². The van der Waals surface area contributed by atoms with Crippen LogP contribution in [0, 0.1) is 0 Å². The molecule has 1 aromatic heterocycles. The van der Waals surface area contributed by atoms with E-state index >= 15 is 0 Å². The normalized spacial score (nSPS) is 10.4. The molecule has 0 bridgehead atoms. The molecule has 3 aromatic carbocycles. The Bertz CT molecular complexity index is 1210. The molecule has 0 saturated carbocycles. The van der Waals surface area contributed by atoms with Crippen molar-refractivity contribution in [2.75, 3.05) is 5.32 Å². The van der Waals surface area contributed by atoms with E-state index in [1.54, 1.807) is 60.9 Å². The van der Waals surface area contributed by atoms with Crippen molar-refractivity contribution in [3.8, 4) is 17.2 Å². The highest BCUT2D eigenvalue weighted by molar-refractivity contribution is 6.00. The van der Waals surface area contributed by atoms with Crippen molar-refractivity contribution in [2.24, 2.45) is 0 Å². The predicted molar refractivity (Wildman–Crippen MR) is 122 cm³/mol. The highest BCUT2D eigenvalue weighted by atomic mass is 16.5. The summed E-state index contributed by atoms with van der Waals surface area (Å²) in [4.78, 5) is 23.6. The first-order valence-corrected chi connectivity index (χ1v) is 10.2. The Morgan fingerprint density at radius 3 is 2.15 bits per heavy atom. The van der Waals surface area contributed by atoms with E-state index in [0.717, 1.165) is 11.3 Å². The fraction of sp³-hybridized carbons (Fsp3) is 0.0769. The Hall–Kier alpha value is -4.52. The molecule has 7 nitrogen and oxygen atoms in total. The van der Waals surface area contributed by atoms with Crippen molar-refractivity contribution in [1.29, 1.82) is 0 Å². The molecule has 7 heteroatoms. The molecule has 2 N–H and O–H groups in total. The number of aromatic carboxylic acids is 1. The van der Waals surface area contributed by atoms with E-state index in [1.165, 1.54) is 6.07 Å². The van der Waals surface area contributed by atoms with E-state index in [4.69, 9.17) is 13.9 Å². The van der Waals surface area contributed by atoms with Crippen molar-refractivity contribution in [3.05, 3.63) is 108 Å². The molecule has 0 aliphatic rings. The summed E-state index contributed by atoms with van der Waals surface area (Å²) < 4.78 is 16.7. The number of rotatable bonds is 9. The standard InChI is InChI=1S/C26H21NO6/c28-25(27-24-6-2-1-5-23(24)26(29)30)16-18-7-9-20(10-8-18)33-21-13-11-19(12-14-21)32-17-22-4-3-15-31-22/h1-15H,16-17H2,(H,27,28)(H,29,30). The van der Waals surface area contributed by atoms with Gasteiger partial charge in [-0.3, -0.25) is 4.79 Å². The summed E-state index contributed by atoms with van der Waals surface area (Å²) >= 11 is 0. The summed E-state index contributed by atoms with van der Waals surface area (Å²) in [6.45, 7) is 0.351. The SMILES string of the molecule is O=C(Cc1ccc(Oc2ccc(OCc3ccco3)cc2)cc1)Nc1ccccc1C(=O)O. The molecule has 0 unspecified atom stereocenters. The van der Waals surface area contributed by atoms with Gasteiger partial charge in [-0.15, -0.1) is 0 Å². The number of para-hydroxylation sites is 1. The lowest BCUT2D eigenvalue weighted by molar-refractivity contribution is -0.115.